The van der Waals surface area contributed by atoms with Crippen LogP contribution in [0.3, 0.4) is 0 Å². The van der Waals surface area contributed by atoms with Gasteiger partial charge in [0.1, 0.15) is 5.82 Å². The van der Waals surface area contributed by atoms with Crippen molar-refractivity contribution in [2.45, 2.75) is 0 Å². The molecule has 0 spiro atoms. The number of nitrogens with two attached hydrogens (primary N) is 3. The Morgan fingerprint density at radius 2 is 1.87 bits per heavy atom. The van der Waals surface area contributed by atoms with E-state index in [1.165, 1.54) is 12.3 Å². The Bertz CT molecular complexity index is 396. The fraction of sp³-hybridized carbons (Fsp3) is 0. The first-order valence-corrected chi connectivity index (χ1v) is 3.59. The molecule has 8 N–H and O–H groups in total. The normalized spacial score (nSPS) is 8.27. The molecular formula is C6H10N6O3. The monoisotopic (exact) mass is 214 g/mol. The number of primary amides is 3. The predicted octanol–water partition coefficient (Wildman–Crippen LogP) is -1.72. The molecule has 1 rings (SSSR count). The molecule has 9 heteroatoms. The van der Waals surface area contributed by atoms with Crippen LogP contribution in [0.2, 0.25) is 0 Å². The van der Waals surface area contributed by atoms with E-state index in [1.54, 1.807) is 0 Å². The van der Waals surface area contributed by atoms with Crippen LogP contribution >= 0.6 is 0 Å². The molecule has 15 heavy (non-hydrogen) atoms. The molecule has 0 saturated heterocycles. The minimum Gasteiger partial charge on any atom is -0.352 e. The van der Waals surface area contributed by atoms with Crippen molar-refractivity contribution < 1.29 is 9.59 Å². The van der Waals surface area contributed by atoms with E-state index in [0.29, 0.717) is 0 Å². The van der Waals surface area contributed by atoms with Gasteiger partial charge in [0.2, 0.25) is 0 Å². The van der Waals surface area contributed by atoms with Gasteiger partial charge in [-0.25, -0.2) is 14.4 Å². The molecule has 4 amide bonds. The summed E-state index contributed by atoms with van der Waals surface area (Å²) in [4.78, 5) is 35.4. The molecule has 0 aliphatic carbocycles. The van der Waals surface area contributed by atoms with E-state index in [9.17, 15) is 9.59 Å². The van der Waals surface area contributed by atoms with Crippen LogP contribution in [-0.2, 0) is 0 Å². The fourth-order valence-corrected chi connectivity index (χ4v) is 0.567. The van der Waals surface area contributed by atoms with E-state index in [2.05, 4.69) is 26.8 Å². The van der Waals surface area contributed by atoms with Crippen LogP contribution in [0.5, 0.6) is 0 Å². The lowest BCUT2D eigenvalue weighted by Gasteiger charge is -1.96. The van der Waals surface area contributed by atoms with E-state index in [4.69, 9.17) is 10.5 Å². The van der Waals surface area contributed by atoms with Crippen molar-refractivity contribution in [3.05, 3.63) is 22.7 Å². The van der Waals surface area contributed by atoms with Gasteiger partial charge in [0.25, 0.3) is 0 Å². The maximum atomic E-state index is 10.5. The molecule has 0 unspecified atom stereocenters. The number of aromatic amines is 1. The van der Waals surface area contributed by atoms with Crippen molar-refractivity contribution in [3.63, 3.8) is 0 Å². The third kappa shape index (κ3) is 7.77. The molecular weight excluding hydrogens is 204 g/mol. The lowest BCUT2D eigenvalue weighted by molar-refractivity contribution is 0.256. The third-order valence-corrected chi connectivity index (χ3v) is 0.921. The Kier molecular flexibility index (Phi) is 4.94. The molecule has 82 valence electrons. The highest BCUT2D eigenvalue weighted by molar-refractivity contribution is 5.86. The molecule has 1 heterocycles. The number of nitrogens with zero attached hydrogens (tertiary/aromatic N) is 1. The lowest BCUT2D eigenvalue weighted by Crippen LogP contribution is -2.22. The van der Waals surface area contributed by atoms with Gasteiger partial charge in [-0.15, -0.1) is 0 Å². The number of carbonyl (C=O) groups excluding carboxylic acids is 2. The number of anilines is 1. The first kappa shape index (κ1) is 12.4. The Morgan fingerprint density at radius 3 is 2.27 bits per heavy atom. The molecule has 9 nitrogen and oxygen atoms in total. The van der Waals surface area contributed by atoms with Crippen LogP contribution in [0.1, 0.15) is 0 Å². The van der Waals surface area contributed by atoms with Crippen molar-refractivity contribution in [1.29, 1.82) is 0 Å². The first-order chi connectivity index (χ1) is 6.91. The minimum atomic E-state index is -0.833. The van der Waals surface area contributed by atoms with Crippen LogP contribution in [0.25, 0.3) is 0 Å². The minimum absolute atomic E-state index is 0.140. The highest BCUT2D eigenvalue weighted by Gasteiger charge is 1.95. The SMILES string of the molecule is NC(=O)Nc1cc[nH]c(=O)n1.NC(N)=O. The van der Waals surface area contributed by atoms with Crippen LogP contribution in [0, 0.1) is 0 Å². The van der Waals surface area contributed by atoms with Gasteiger partial charge in [-0.2, -0.15) is 4.98 Å². The Morgan fingerprint density at radius 1 is 1.33 bits per heavy atom. The molecule has 0 bridgehead atoms. The van der Waals surface area contributed by atoms with Crippen molar-refractivity contribution in [1.82, 2.24) is 9.97 Å². The molecule has 1 aromatic heterocycles. The Hall–Kier alpha value is -2.58. The van der Waals surface area contributed by atoms with Gasteiger partial charge in [0.15, 0.2) is 0 Å². The second kappa shape index (κ2) is 5.96. The molecule has 0 fully saturated rings. The van der Waals surface area contributed by atoms with Crippen LogP contribution in [-0.4, -0.2) is 22.0 Å². The van der Waals surface area contributed by atoms with E-state index in [0.717, 1.165) is 0 Å². The molecule has 0 atom stereocenters. The zero-order chi connectivity index (χ0) is 11.8. The molecule has 1 aromatic rings. The van der Waals surface area contributed by atoms with E-state index >= 15 is 0 Å². The molecule has 0 aromatic carbocycles. The molecule has 0 radical (unpaired) electrons. The van der Waals surface area contributed by atoms with Gasteiger partial charge in [-0.1, -0.05) is 0 Å². The van der Waals surface area contributed by atoms with E-state index in [-0.39, 0.29) is 5.82 Å². The summed E-state index contributed by atoms with van der Waals surface area (Å²) in [6, 6.07) is -0.158. The first-order valence-electron chi connectivity index (χ1n) is 3.59. The summed E-state index contributed by atoms with van der Waals surface area (Å²) in [7, 11) is 0. The van der Waals surface area contributed by atoms with Gasteiger partial charge in [0.05, 0.1) is 0 Å². The van der Waals surface area contributed by atoms with Crippen LogP contribution in [0.15, 0.2) is 17.1 Å². The van der Waals surface area contributed by atoms with Gasteiger partial charge >= 0.3 is 17.8 Å². The summed E-state index contributed by atoms with van der Waals surface area (Å²) in [5.41, 5.74) is 12.7. The molecule has 0 aliphatic rings. The third-order valence-electron chi connectivity index (χ3n) is 0.921. The topological polar surface area (TPSA) is 170 Å². The lowest BCUT2D eigenvalue weighted by atomic mass is 10.6. The van der Waals surface area contributed by atoms with Crippen molar-refractivity contribution in [2.75, 3.05) is 5.32 Å². The van der Waals surface area contributed by atoms with Crippen molar-refractivity contribution in [2.24, 2.45) is 17.2 Å². The van der Waals surface area contributed by atoms with Gasteiger partial charge < -0.3 is 22.2 Å². The summed E-state index contributed by atoms with van der Waals surface area (Å²) in [5.74, 6) is 0.140. The quantitative estimate of drug-likeness (QED) is 0.374. The number of hydrogen-bond acceptors (Lipinski definition) is 4. The van der Waals surface area contributed by atoms with E-state index in [1.807, 2.05) is 0 Å². The second-order valence-corrected chi connectivity index (χ2v) is 2.17. The summed E-state index contributed by atoms with van der Waals surface area (Å²) in [5, 5.41) is 2.15. The van der Waals surface area contributed by atoms with Gasteiger partial charge in [-0.3, -0.25) is 5.32 Å². The number of aromatic nitrogens is 2. The standard InChI is InChI=1S/C5H6N4O2.CH4N2O/c6-4(10)8-3-1-2-7-5(11)9-3;2-1(3)4/h1-2H,(H4,6,7,8,9,10,11);(H4,2,3,4). The van der Waals surface area contributed by atoms with Gasteiger partial charge in [-0.05, 0) is 6.07 Å². The number of hydrogen-bond donors (Lipinski definition) is 5. The van der Waals surface area contributed by atoms with Crippen LogP contribution in [0.4, 0.5) is 15.4 Å². The van der Waals surface area contributed by atoms with E-state index < -0.39 is 17.8 Å². The summed E-state index contributed by atoms with van der Waals surface area (Å²) in [6.45, 7) is 0. The smallest absolute Gasteiger partial charge is 0.346 e. The highest BCUT2D eigenvalue weighted by atomic mass is 16.2. The maximum Gasteiger partial charge on any atom is 0.346 e. The summed E-state index contributed by atoms with van der Waals surface area (Å²) < 4.78 is 0. The van der Waals surface area contributed by atoms with Crippen LogP contribution < -0.4 is 28.2 Å². The number of carbonyl (C=O) groups is 2. The fourth-order valence-electron chi connectivity index (χ4n) is 0.567. The molecule has 0 aliphatic heterocycles. The van der Waals surface area contributed by atoms with Crippen molar-refractivity contribution >= 4 is 17.9 Å². The number of H-pyrrole nitrogens is 1. The maximum absolute atomic E-state index is 10.5. The number of amides is 4. The highest BCUT2D eigenvalue weighted by Crippen LogP contribution is 1.93. The zero-order valence-electron chi connectivity index (χ0n) is 7.56. The Labute approximate surface area is 83.7 Å². The number of urea groups is 2. The predicted molar refractivity (Wildman–Crippen MR) is 51.8 cm³/mol. The number of nitrogens with one attached hydrogen (secondary N) is 2. The zero-order valence-corrected chi connectivity index (χ0v) is 7.56. The average molecular weight is 214 g/mol. The van der Waals surface area contributed by atoms with Crippen molar-refractivity contribution in [3.8, 4) is 0 Å². The average Bonchev–Trinajstić information content (AvgIpc) is 2.00. The summed E-state index contributed by atoms with van der Waals surface area (Å²) >= 11 is 0. The number of rotatable bonds is 1. The Balaban J connectivity index is 0.000000423. The summed E-state index contributed by atoms with van der Waals surface area (Å²) in [6.07, 6.45) is 1.36. The largest absolute Gasteiger partial charge is 0.352 e. The second-order valence-electron chi connectivity index (χ2n) is 2.17. The van der Waals surface area contributed by atoms with Gasteiger partial charge in [0, 0.05) is 6.20 Å². The molecule has 0 saturated carbocycles.